The highest BCUT2D eigenvalue weighted by Gasteiger charge is 2.16. The molecule has 0 amide bonds. The molecule has 0 heterocycles. The number of hydrogen-bond donors (Lipinski definition) is 4. The Bertz CT molecular complexity index is 314. The zero-order valence-electron chi connectivity index (χ0n) is 12.2. The van der Waals surface area contributed by atoms with Gasteiger partial charge in [0.15, 0.2) is 0 Å². The Morgan fingerprint density at radius 2 is 1.89 bits per heavy atom. The average Bonchev–Trinajstić information content (AvgIpc) is 2.20. The quantitative estimate of drug-likeness (QED) is 0.307. The molecular weight excluding hydrogens is 357 g/mol. The number of alkyl halides is 1. The molecule has 0 bridgehead atoms. The monoisotopic (exact) mass is 383 g/mol. The van der Waals surface area contributed by atoms with Gasteiger partial charge in [-0.3, -0.25) is 0 Å². The molecule has 0 aromatic heterocycles. The second-order valence-corrected chi connectivity index (χ2v) is 8.00. The normalized spacial score (nSPS) is 18.6. The van der Waals surface area contributed by atoms with Gasteiger partial charge in [0.05, 0.1) is 12.7 Å². The van der Waals surface area contributed by atoms with Crippen LogP contribution in [0.5, 0.6) is 0 Å². The van der Waals surface area contributed by atoms with Crippen LogP contribution in [0.2, 0.25) is 0 Å². The summed E-state index contributed by atoms with van der Waals surface area (Å²) in [6.07, 6.45) is 4.90. The predicted molar refractivity (Wildman–Crippen MR) is 87.3 cm³/mol. The third-order valence-electron chi connectivity index (χ3n) is 2.23. The lowest BCUT2D eigenvalue weighted by atomic mass is 10.0. The van der Waals surface area contributed by atoms with Gasteiger partial charge >= 0.3 is 0 Å². The number of aliphatic hydroxyl groups is 3. The number of nitrogens with one attached hydrogen (secondary N) is 1. The average molecular weight is 383 g/mol. The summed E-state index contributed by atoms with van der Waals surface area (Å²) in [6.45, 7) is 8.21. The van der Waals surface area contributed by atoms with Crippen LogP contribution < -0.4 is 5.32 Å². The maximum absolute atomic E-state index is 10.00. The standard InChI is InChI=1S/C14H26INO3/c1-13(2,3)16-10-12(18)8-11(6-5-7-17)9-14(4,15)19/h5-6,9,12,16-19H,7-8,10H2,1-4H3/b6-5-,11-9+. The van der Waals surface area contributed by atoms with E-state index >= 15 is 0 Å². The third-order valence-corrected chi connectivity index (χ3v) is 2.54. The van der Waals surface area contributed by atoms with Crippen LogP contribution in [0.25, 0.3) is 0 Å². The lowest BCUT2D eigenvalue weighted by Crippen LogP contribution is -2.40. The Labute approximate surface area is 129 Å². The largest absolute Gasteiger partial charge is 0.392 e. The van der Waals surface area contributed by atoms with Crippen LogP contribution >= 0.6 is 22.6 Å². The third kappa shape index (κ3) is 12.8. The van der Waals surface area contributed by atoms with Crippen LogP contribution in [0.15, 0.2) is 23.8 Å². The van der Waals surface area contributed by atoms with Crippen LogP contribution in [-0.4, -0.2) is 43.7 Å². The topological polar surface area (TPSA) is 72.7 Å². The summed E-state index contributed by atoms with van der Waals surface area (Å²) in [6, 6.07) is 0. The van der Waals surface area contributed by atoms with Gasteiger partial charge in [-0.15, -0.1) is 0 Å². The first-order valence-electron chi connectivity index (χ1n) is 6.37. The van der Waals surface area contributed by atoms with Crippen molar-refractivity contribution in [1.29, 1.82) is 0 Å². The zero-order valence-corrected chi connectivity index (χ0v) is 14.3. The van der Waals surface area contributed by atoms with Gasteiger partial charge in [-0.25, -0.2) is 0 Å². The molecule has 2 atom stereocenters. The Hall–Kier alpha value is 0.0500. The van der Waals surface area contributed by atoms with Crippen LogP contribution in [0, 0.1) is 0 Å². The minimum atomic E-state index is -0.968. The van der Waals surface area contributed by atoms with E-state index in [0.29, 0.717) is 13.0 Å². The molecule has 0 aliphatic carbocycles. The summed E-state index contributed by atoms with van der Waals surface area (Å²) in [5, 5.41) is 31.8. The molecule has 0 fully saturated rings. The molecule has 0 rings (SSSR count). The van der Waals surface area contributed by atoms with Crippen molar-refractivity contribution in [1.82, 2.24) is 5.32 Å². The van der Waals surface area contributed by atoms with Crippen molar-refractivity contribution in [2.45, 2.75) is 49.4 Å². The lowest BCUT2D eigenvalue weighted by Gasteiger charge is -2.23. The van der Waals surface area contributed by atoms with Gasteiger partial charge in [-0.2, -0.15) is 0 Å². The second kappa shape index (κ2) is 8.36. The summed E-state index contributed by atoms with van der Waals surface area (Å²) in [5.74, 6) is 0. The van der Waals surface area contributed by atoms with Gasteiger partial charge in [-0.05, 0) is 68.4 Å². The van der Waals surface area contributed by atoms with Crippen molar-refractivity contribution >= 4 is 22.6 Å². The molecule has 0 saturated heterocycles. The molecule has 112 valence electrons. The van der Waals surface area contributed by atoms with Crippen LogP contribution in [-0.2, 0) is 0 Å². The van der Waals surface area contributed by atoms with Crippen molar-refractivity contribution in [3.63, 3.8) is 0 Å². The number of aliphatic hydroxyl groups excluding tert-OH is 2. The molecule has 5 heteroatoms. The molecule has 0 aliphatic heterocycles. The smallest absolute Gasteiger partial charge is 0.132 e. The van der Waals surface area contributed by atoms with Gasteiger partial charge in [0, 0.05) is 12.1 Å². The maximum atomic E-state index is 10.00. The molecule has 4 nitrogen and oxygen atoms in total. The van der Waals surface area contributed by atoms with Crippen molar-refractivity contribution < 1.29 is 15.3 Å². The van der Waals surface area contributed by atoms with Crippen LogP contribution in [0.1, 0.15) is 34.1 Å². The molecule has 2 unspecified atom stereocenters. The van der Waals surface area contributed by atoms with E-state index in [0.717, 1.165) is 5.57 Å². The van der Waals surface area contributed by atoms with E-state index in [2.05, 4.69) is 5.32 Å². The Balaban J connectivity index is 4.57. The fourth-order valence-corrected chi connectivity index (χ4v) is 1.89. The van der Waals surface area contributed by atoms with E-state index in [1.807, 2.05) is 43.4 Å². The maximum Gasteiger partial charge on any atom is 0.132 e. The summed E-state index contributed by atoms with van der Waals surface area (Å²) >= 11 is 1.91. The van der Waals surface area contributed by atoms with E-state index in [1.54, 1.807) is 25.2 Å². The highest BCUT2D eigenvalue weighted by molar-refractivity contribution is 14.1. The summed E-state index contributed by atoms with van der Waals surface area (Å²) in [7, 11) is 0. The van der Waals surface area contributed by atoms with E-state index in [-0.39, 0.29) is 12.1 Å². The summed E-state index contributed by atoms with van der Waals surface area (Å²) in [4.78, 5) is 0. The number of hydrogen-bond acceptors (Lipinski definition) is 4. The first-order valence-corrected chi connectivity index (χ1v) is 7.45. The molecule has 0 aromatic carbocycles. The van der Waals surface area contributed by atoms with Gasteiger partial charge in [0.2, 0.25) is 0 Å². The van der Waals surface area contributed by atoms with Gasteiger partial charge in [-0.1, -0.05) is 12.2 Å². The number of allylic oxidation sites excluding steroid dienone is 1. The van der Waals surface area contributed by atoms with Crippen molar-refractivity contribution in [3.8, 4) is 0 Å². The van der Waals surface area contributed by atoms with Gasteiger partial charge < -0.3 is 20.6 Å². The Morgan fingerprint density at radius 1 is 1.32 bits per heavy atom. The first-order chi connectivity index (χ1) is 8.53. The highest BCUT2D eigenvalue weighted by atomic mass is 127. The minimum Gasteiger partial charge on any atom is -0.392 e. The second-order valence-electron chi connectivity index (χ2n) is 5.82. The lowest BCUT2D eigenvalue weighted by molar-refractivity contribution is 0.160. The molecular formula is C14H26INO3. The first kappa shape index (κ1) is 19.1. The highest BCUT2D eigenvalue weighted by Crippen LogP contribution is 2.20. The molecule has 4 N–H and O–H groups in total. The molecule has 0 radical (unpaired) electrons. The molecule has 0 aromatic rings. The Kier molecular flexibility index (Phi) is 8.38. The molecule has 0 aliphatic rings. The van der Waals surface area contributed by atoms with Crippen molar-refractivity contribution in [2.24, 2.45) is 0 Å². The molecule has 19 heavy (non-hydrogen) atoms. The summed E-state index contributed by atoms with van der Waals surface area (Å²) in [5.41, 5.74) is 0.761. The van der Waals surface area contributed by atoms with E-state index < -0.39 is 9.71 Å². The molecule has 0 saturated carbocycles. The Morgan fingerprint density at radius 3 is 2.32 bits per heavy atom. The van der Waals surface area contributed by atoms with E-state index in [4.69, 9.17) is 5.11 Å². The number of rotatable bonds is 7. The van der Waals surface area contributed by atoms with Crippen molar-refractivity contribution in [3.05, 3.63) is 23.8 Å². The summed E-state index contributed by atoms with van der Waals surface area (Å²) < 4.78 is -0.968. The minimum absolute atomic E-state index is 0.0411. The predicted octanol–water partition coefficient (Wildman–Crippen LogP) is 1.74. The van der Waals surface area contributed by atoms with Gasteiger partial charge in [0.1, 0.15) is 3.61 Å². The SMILES string of the molecule is CC(O)(I)/C=C(\C=C/CO)CC(O)CNC(C)(C)C. The number of halogens is 1. The van der Waals surface area contributed by atoms with E-state index in [1.165, 1.54) is 0 Å². The fraction of sp³-hybridized carbons (Fsp3) is 0.714. The zero-order chi connectivity index (χ0) is 15.1. The van der Waals surface area contributed by atoms with Crippen LogP contribution in [0.3, 0.4) is 0 Å². The van der Waals surface area contributed by atoms with E-state index in [9.17, 15) is 10.2 Å². The fourth-order valence-electron chi connectivity index (χ4n) is 1.49. The van der Waals surface area contributed by atoms with Gasteiger partial charge in [0.25, 0.3) is 0 Å². The molecule has 0 spiro atoms. The van der Waals surface area contributed by atoms with Crippen molar-refractivity contribution in [2.75, 3.05) is 13.2 Å². The van der Waals surface area contributed by atoms with Crippen LogP contribution in [0.4, 0.5) is 0 Å². The number of β-amino-alcohol motifs (C(OH)–C–C–N with tert-alkyl or cyclic N) is 1.